The number of anilines is 1. The van der Waals surface area contributed by atoms with Gasteiger partial charge in [0.25, 0.3) is 5.91 Å². The number of H-pyrrole nitrogens is 1. The fourth-order valence-corrected chi connectivity index (χ4v) is 4.87. The van der Waals surface area contributed by atoms with Crippen LogP contribution in [0.5, 0.6) is 0 Å². The molecule has 0 atom stereocenters. The van der Waals surface area contributed by atoms with Crippen LogP contribution in [0.1, 0.15) is 33.7 Å². The number of aromatic amines is 1. The number of fused-ring (bicyclic) bond motifs is 5. The number of ether oxygens (including phenoxy) is 1. The number of aryl methyl sites for hydroxylation is 1. The van der Waals surface area contributed by atoms with E-state index in [0.29, 0.717) is 0 Å². The summed E-state index contributed by atoms with van der Waals surface area (Å²) in [5.74, 6) is 0.0161. The lowest BCUT2D eigenvalue weighted by Gasteiger charge is -2.29. The second-order valence-electron chi connectivity index (χ2n) is 8.68. The Bertz CT molecular complexity index is 1380. The molecule has 0 spiro atoms. The molecule has 2 aliphatic heterocycles. The minimum absolute atomic E-state index is 0.0161. The van der Waals surface area contributed by atoms with Gasteiger partial charge in [-0.3, -0.25) is 9.78 Å². The number of morpholine rings is 1. The molecule has 1 saturated heterocycles. The number of hydrogen-bond acceptors (Lipinski definition) is 4. The van der Waals surface area contributed by atoms with Crippen LogP contribution < -0.4 is 10.2 Å². The van der Waals surface area contributed by atoms with Crippen LogP contribution >= 0.6 is 0 Å². The van der Waals surface area contributed by atoms with Crippen molar-refractivity contribution in [3.8, 4) is 0 Å². The lowest BCUT2D eigenvalue weighted by Crippen LogP contribution is -2.36. The molecule has 6 rings (SSSR count). The largest absolute Gasteiger partial charge is 0.378 e. The summed E-state index contributed by atoms with van der Waals surface area (Å²) in [5, 5.41) is 6.14. The van der Waals surface area contributed by atoms with E-state index < -0.39 is 0 Å². The van der Waals surface area contributed by atoms with Crippen molar-refractivity contribution in [2.24, 2.45) is 0 Å². The first-order valence-electron chi connectivity index (χ1n) is 11.6. The zero-order valence-corrected chi connectivity index (χ0v) is 18.4. The Morgan fingerprint density at radius 2 is 1.94 bits per heavy atom. The van der Waals surface area contributed by atoms with Gasteiger partial charge in [-0.15, -0.1) is 0 Å². The Labute approximate surface area is 192 Å². The summed E-state index contributed by atoms with van der Waals surface area (Å²) in [6, 6.07) is 14.8. The number of nitrogens with zero attached hydrogens (tertiary/aromatic N) is 2. The molecule has 2 aromatic carbocycles. The Kier molecular flexibility index (Phi) is 5.07. The van der Waals surface area contributed by atoms with Crippen LogP contribution in [0, 0.1) is 0 Å². The van der Waals surface area contributed by atoms with Gasteiger partial charge < -0.3 is 19.9 Å². The van der Waals surface area contributed by atoms with Gasteiger partial charge in [0.1, 0.15) is 0 Å². The maximum Gasteiger partial charge on any atom is 0.253 e. The molecule has 2 N–H and O–H groups in total. The van der Waals surface area contributed by atoms with Crippen LogP contribution in [0.3, 0.4) is 0 Å². The predicted octanol–water partition coefficient (Wildman–Crippen LogP) is 4.40. The Balaban J connectivity index is 1.35. The maximum atomic E-state index is 12.6. The SMILES string of the molecule is O=C1NCCCc2[nH]c3c(ccc4cnc(C=Cc5cccc(N6CCOCC6)c5)cc43)c21. The molecule has 0 unspecified atom stereocenters. The van der Waals surface area contributed by atoms with Crippen LogP contribution in [-0.4, -0.2) is 48.7 Å². The highest BCUT2D eigenvalue weighted by atomic mass is 16.5. The minimum atomic E-state index is 0.0161. The molecule has 0 aliphatic carbocycles. The summed E-state index contributed by atoms with van der Waals surface area (Å²) >= 11 is 0. The van der Waals surface area contributed by atoms with E-state index in [-0.39, 0.29) is 5.91 Å². The van der Waals surface area contributed by atoms with Crippen molar-refractivity contribution < 1.29 is 9.53 Å². The zero-order valence-electron chi connectivity index (χ0n) is 18.4. The third-order valence-corrected chi connectivity index (χ3v) is 6.58. The van der Waals surface area contributed by atoms with Crippen molar-refractivity contribution in [3.05, 3.63) is 71.2 Å². The van der Waals surface area contributed by atoms with Gasteiger partial charge in [-0.2, -0.15) is 0 Å². The molecule has 33 heavy (non-hydrogen) atoms. The van der Waals surface area contributed by atoms with Crippen LogP contribution in [0.4, 0.5) is 5.69 Å². The van der Waals surface area contributed by atoms with E-state index in [0.717, 1.165) is 89.9 Å². The molecule has 0 bridgehead atoms. The van der Waals surface area contributed by atoms with Crippen LogP contribution in [0.25, 0.3) is 33.8 Å². The topological polar surface area (TPSA) is 70.2 Å². The standard InChI is InChI=1S/C27H26N4O2/c32-27-25-22-9-7-19-17-29-20(16-23(19)26(22)30-24(25)5-2-10-28-27)8-6-18-3-1-4-21(15-18)31-11-13-33-14-12-31/h1,3-4,6-9,15-17,30H,2,5,10-14H2,(H,28,32). The fourth-order valence-electron chi connectivity index (χ4n) is 4.87. The summed E-state index contributed by atoms with van der Waals surface area (Å²) in [7, 11) is 0. The monoisotopic (exact) mass is 438 g/mol. The number of aromatic nitrogens is 2. The van der Waals surface area contributed by atoms with E-state index >= 15 is 0 Å². The molecule has 1 amide bonds. The molecule has 166 valence electrons. The Morgan fingerprint density at radius 1 is 1.03 bits per heavy atom. The third-order valence-electron chi connectivity index (χ3n) is 6.58. The van der Waals surface area contributed by atoms with E-state index in [1.165, 1.54) is 5.69 Å². The van der Waals surface area contributed by atoms with Crippen LogP contribution in [0.2, 0.25) is 0 Å². The highest BCUT2D eigenvalue weighted by Gasteiger charge is 2.21. The quantitative estimate of drug-likeness (QED) is 0.497. The number of hydrogen-bond donors (Lipinski definition) is 2. The first kappa shape index (κ1) is 20.0. The minimum Gasteiger partial charge on any atom is -0.378 e. The van der Waals surface area contributed by atoms with Gasteiger partial charge in [-0.25, -0.2) is 0 Å². The molecular formula is C27H26N4O2. The second-order valence-corrected chi connectivity index (χ2v) is 8.68. The van der Waals surface area contributed by atoms with E-state index in [1.807, 2.05) is 12.3 Å². The number of rotatable bonds is 3. The van der Waals surface area contributed by atoms with Gasteiger partial charge in [0.05, 0.1) is 30.0 Å². The molecule has 2 aromatic heterocycles. The van der Waals surface area contributed by atoms with Crippen LogP contribution in [0.15, 0.2) is 48.7 Å². The van der Waals surface area contributed by atoms with Crippen molar-refractivity contribution in [1.82, 2.24) is 15.3 Å². The highest BCUT2D eigenvalue weighted by molar-refractivity contribution is 6.15. The summed E-state index contributed by atoms with van der Waals surface area (Å²) in [4.78, 5) is 23.2. The molecule has 0 radical (unpaired) electrons. The molecule has 2 aliphatic rings. The second kappa shape index (κ2) is 8.37. The molecule has 6 nitrogen and oxygen atoms in total. The van der Waals surface area contributed by atoms with E-state index in [1.54, 1.807) is 0 Å². The van der Waals surface area contributed by atoms with Gasteiger partial charge in [0.15, 0.2) is 0 Å². The third kappa shape index (κ3) is 3.76. The summed E-state index contributed by atoms with van der Waals surface area (Å²) in [5.41, 5.74) is 6.09. The van der Waals surface area contributed by atoms with Crippen molar-refractivity contribution in [2.75, 3.05) is 37.7 Å². The summed E-state index contributed by atoms with van der Waals surface area (Å²) < 4.78 is 5.47. The first-order valence-corrected chi connectivity index (χ1v) is 11.6. The van der Waals surface area contributed by atoms with Gasteiger partial charge in [-0.05, 0) is 42.7 Å². The van der Waals surface area contributed by atoms with Crippen molar-refractivity contribution >= 4 is 45.4 Å². The number of carbonyl (C=O) groups is 1. The molecule has 4 aromatic rings. The van der Waals surface area contributed by atoms with Gasteiger partial charge >= 0.3 is 0 Å². The molecular weight excluding hydrogens is 412 g/mol. The Morgan fingerprint density at radius 3 is 2.85 bits per heavy atom. The predicted molar refractivity (Wildman–Crippen MR) is 133 cm³/mol. The average molecular weight is 439 g/mol. The van der Waals surface area contributed by atoms with E-state index in [4.69, 9.17) is 4.74 Å². The fraction of sp³-hybridized carbons (Fsp3) is 0.259. The molecule has 1 fully saturated rings. The number of amides is 1. The van der Waals surface area contributed by atoms with Gasteiger partial charge in [-0.1, -0.05) is 30.3 Å². The van der Waals surface area contributed by atoms with Gasteiger partial charge in [0, 0.05) is 53.4 Å². The highest BCUT2D eigenvalue weighted by Crippen LogP contribution is 2.31. The van der Waals surface area contributed by atoms with E-state index in [9.17, 15) is 4.79 Å². The average Bonchev–Trinajstić information content (AvgIpc) is 3.15. The number of benzene rings is 2. The lowest BCUT2D eigenvalue weighted by atomic mass is 10.0. The molecule has 0 saturated carbocycles. The summed E-state index contributed by atoms with van der Waals surface area (Å²) in [6.07, 6.45) is 7.89. The summed E-state index contributed by atoms with van der Waals surface area (Å²) in [6.45, 7) is 4.13. The molecule has 4 heterocycles. The van der Waals surface area contributed by atoms with Crippen molar-refractivity contribution in [2.45, 2.75) is 12.8 Å². The van der Waals surface area contributed by atoms with E-state index in [2.05, 4.69) is 68.7 Å². The van der Waals surface area contributed by atoms with Crippen molar-refractivity contribution in [1.29, 1.82) is 0 Å². The first-order chi connectivity index (χ1) is 16.3. The molecule has 6 heteroatoms. The number of carbonyl (C=O) groups excluding carboxylic acids is 1. The number of nitrogens with one attached hydrogen (secondary N) is 2. The normalized spacial score (nSPS) is 16.8. The smallest absolute Gasteiger partial charge is 0.253 e. The van der Waals surface area contributed by atoms with Crippen LogP contribution in [-0.2, 0) is 11.2 Å². The maximum absolute atomic E-state index is 12.6. The number of pyridine rings is 1. The van der Waals surface area contributed by atoms with Crippen molar-refractivity contribution in [3.63, 3.8) is 0 Å². The van der Waals surface area contributed by atoms with Gasteiger partial charge in [0.2, 0.25) is 0 Å². The lowest BCUT2D eigenvalue weighted by molar-refractivity contribution is 0.0957. The Hall–Kier alpha value is -3.64. The zero-order chi connectivity index (χ0) is 22.2.